The number of rotatable bonds is 9. The Morgan fingerprint density at radius 1 is 1.12 bits per heavy atom. The summed E-state index contributed by atoms with van der Waals surface area (Å²) < 4.78 is 7.39. The van der Waals surface area contributed by atoms with Gasteiger partial charge in [0.15, 0.2) is 0 Å². The lowest BCUT2D eigenvalue weighted by molar-refractivity contribution is -0.127. The van der Waals surface area contributed by atoms with Crippen LogP contribution in [0.25, 0.3) is 11.0 Å². The number of fused-ring (bicyclic) bond motifs is 2. The van der Waals surface area contributed by atoms with Gasteiger partial charge in [-0.3, -0.25) is 9.59 Å². The van der Waals surface area contributed by atoms with E-state index in [1.807, 2.05) is 55.5 Å². The molecule has 3 aromatic rings. The number of para-hydroxylation sites is 2. The summed E-state index contributed by atoms with van der Waals surface area (Å²) in [7, 11) is 1.67. The van der Waals surface area contributed by atoms with Crippen molar-refractivity contribution in [2.75, 3.05) is 13.7 Å². The molecule has 1 aliphatic rings. The van der Waals surface area contributed by atoms with Gasteiger partial charge >= 0.3 is 0 Å². The molecule has 0 saturated carbocycles. The molecule has 33 heavy (non-hydrogen) atoms. The van der Waals surface area contributed by atoms with Crippen LogP contribution in [0.15, 0.2) is 48.5 Å². The third-order valence-corrected chi connectivity index (χ3v) is 6.17. The number of carbonyl (C=O) groups excluding carboxylic acids is 2. The van der Waals surface area contributed by atoms with Gasteiger partial charge < -0.3 is 19.5 Å². The van der Waals surface area contributed by atoms with Crippen LogP contribution in [0.5, 0.6) is 0 Å². The maximum absolute atomic E-state index is 13.5. The van der Waals surface area contributed by atoms with E-state index in [4.69, 9.17) is 9.72 Å². The second-order valence-electron chi connectivity index (χ2n) is 9.07. The number of hydrogen-bond acceptors (Lipinski definition) is 4. The molecule has 2 amide bonds. The molecule has 0 spiro atoms. The molecule has 0 radical (unpaired) electrons. The number of nitrogens with one attached hydrogen (secondary N) is 1. The van der Waals surface area contributed by atoms with Crippen molar-refractivity contribution in [1.29, 1.82) is 0 Å². The van der Waals surface area contributed by atoms with E-state index in [2.05, 4.69) is 23.7 Å². The lowest BCUT2D eigenvalue weighted by atomic mass is 10.0. The van der Waals surface area contributed by atoms with Crippen LogP contribution in [-0.4, -0.2) is 46.0 Å². The van der Waals surface area contributed by atoms with Gasteiger partial charge in [0.1, 0.15) is 11.9 Å². The SMILES string of the molecule is COCCn1c([C@@H](C)NC(=O)[C@@H](CC(C)C)N2Cc3ccccc3C2=O)nc2ccccc21. The van der Waals surface area contributed by atoms with Crippen molar-refractivity contribution in [3.8, 4) is 0 Å². The molecule has 1 aliphatic heterocycles. The molecule has 2 atom stereocenters. The van der Waals surface area contributed by atoms with Gasteiger partial charge in [-0.2, -0.15) is 0 Å². The van der Waals surface area contributed by atoms with Crippen LogP contribution < -0.4 is 5.32 Å². The monoisotopic (exact) mass is 448 g/mol. The largest absolute Gasteiger partial charge is 0.383 e. The Balaban J connectivity index is 1.58. The predicted octanol–water partition coefficient (Wildman–Crippen LogP) is 3.93. The van der Waals surface area contributed by atoms with Crippen molar-refractivity contribution >= 4 is 22.8 Å². The van der Waals surface area contributed by atoms with Crippen LogP contribution in [0.3, 0.4) is 0 Å². The first kappa shape index (κ1) is 23.0. The van der Waals surface area contributed by atoms with E-state index in [1.165, 1.54) is 0 Å². The van der Waals surface area contributed by atoms with E-state index in [9.17, 15) is 9.59 Å². The van der Waals surface area contributed by atoms with Crippen LogP contribution in [0.2, 0.25) is 0 Å². The molecule has 0 fully saturated rings. The Morgan fingerprint density at radius 3 is 2.58 bits per heavy atom. The number of imidazole rings is 1. The zero-order chi connectivity index (χ0) is 23.5. The summed E-state index contributed by atoms with van der Waals surface area (Å²) in [6.07, 6.45) is 0.596. The zero-order valence-corrected chi connectivity index (χ0v) is 19.7. The highest BCUT2D eigenvalue weighted by Gasteiger charge is 2.37. The number of carbonyl (C=O) groups is 2. The van der Waals surface area contributed by atoms with Gasteiger partial charge in [-0.05, 0) is 43.0 Å². The molecule has 2 heterocycles. The van der Waals surface area contributed by atoms with E-state index < -0.39 is 6.04 Å². The van der Waals surface area contributed by atoms with Gasteiger partial charge in [0.05, 0.1) is 23.7 Å². The first-order chi connectivity index (χ1) is 15.9. The van der Waals surface area contributed by atoms with Crippen molar-refractivity contribution < 1.29 is 14.3 Å². The summed E-state index contributed by atoms with van der Waals surface area (Å²) in [5.74, 6) is 0.814. The number of aromatic nitrogens is 2. The number of benzene rings is 2. The molecule has 2 aromatic carbocycles. The third kappa shape index (κ3) is 4.64. The first-order valence-corrected chi connectivity index (χ1v) is 11.5. The lowest BCUT2D eigenvalue weighted by Crippen LogP contribution is -2.48. The van der Waals surface area contributed by atoms with E-state index in [0.29, 0.717) is 31.7 Å². The number of nitrogens with zero attached hydrogens (tertiary/aromatic N) is 3. The molecule has 1 N–H and O–H groups in total. The highest BCUT2D eigenvalue weighted by atomic mass is 16.5. The number of amides is 2. The summed E-state index contributed by atoms with van der Waals surface area (Å²) in [5, 5.41) is 3.15. The van der Waals surface area contributed by atoms with Crippen LogP contribution in [0, 0.1) is 5.92 Å². The third-order valence-electron chi connectivity index (χ3n) is 6.17. The standard InChI is InChI=1S/C26H32N4O3/c1-17(2)15-23(30-16-19-9-5-6-10-20(19)26(30)32)25(31)27-18(3)24-28-21-11-7-8-12-22(21)29(24)13-14-33-4/h5-12,17-18,23H,13-16H2,1-4H3,(H,27,31)/t18-,23-/m1/s1. The quantitative estimate of drug-likeness (QED) is 0.538. The number of methoxy groups -OCH3 is 1. The van der Waals surface area contributed by atoms with Gasteiger partial charge in [-0.25, -0.2) is 4.98 Å². The summed E-state index contributed by atoms with van der Waals surface area (Å²) in [6.45, 7) is 7.73. The molecule has 0 saturated heterocycles. The molecular formula is C26H32N4O3. The summed E-state index contributed by atoms with van der Waals surface area (Å²) in [4.78, 5) is 33.1. The minimum absolute atomic E-state index is 0.0774. The Morgan fingerprint density at radius 2 is 1.85 bits per heavy atom. The maximum Gasteiger partial charge on any atom is 0.255 e. The molecular weight excluding hydrogens is 416 g/mol. The summed E-state index contributed by atoms with van der Waals surface area (Å²) in [5.41, 5.74) is 3.55. The topological polar surface area (TPSA) is 76.5 Å². The van der Waals surface area contributed by atoms with Crippen LogP contribution in [0.1, 0.15) is 55.0 Å². The van der Waals surface area contributed by atoms with Crippen molar-refractivity contribution in [2.45, 2.75) is 52.4 Å². The molecule has 174 valence electrons. The van der Waals surface area contributed by atoms with Crippen LogP contribution >= 0.6 is 0 Å². The van der Waals surface area contributed by atoms with Crippen molar-refractivity contribution in [3.63, 3.8) is 0 Å². The molecule has 0 unspecified atom stereocenters. The Bertz CT molecular complexity index is 1150. The second-order valence-corrected chi connectivity index (χ2v) is 9.07. The predicted molar refractivity (Wildman–Crippen MR) is 128 cm³/mol. The molecule has 1 aromatic heterocycles. The average molecular weight is 449 g/mol. The fourth-order valence-electron chi connectivity index (χ4n) is 4.57. The van der Waals surface area contributed by atoms with Gasteiger partial charge in [0.2, 0.25) is 5.91 Å². The maximum atomic E-state index is 13.5. The van der Waals surface area contributed by atoms with E-state index in [1.54, 1.807) is 12.0 Å². The first-order valence-electron chi connectivity index (χ1n) is 11.5. The smallest absolute Gasteiger partial charge is 0.255 e. The zero-order valence-electron chi connectivity index (χ0n) is 19.7. The summed E-state index contributed by atoms with van der Waals surface area (Å²) >= 11 is 0. The summed E-state index contributed by atoms with van der Waals surface area (Å²) in [6, 6.07) is 14.7. The average Bonchev–Trinajstić information content (AvgIpc) is 3.34. The van der Waals surface area contributed by atoms with Gasteiger partial charge in [0.25, 0.3) is 5.91 Å². The van der Waals surface area contributed by atoms with Gasteiger partial charge in [-0.15, -0.1) is 0 Å². The van der Waals surface area contributed by atoms with Gasteiger partial charge in [-0.1, -0.05) is 44.2 Å². The van der Waals surface area contributed by atoms with Crippen LogP contribution in [0.4, 0.5) is 0 Å². The highest BCUT2D eigenvalue weighted by molar-refractivity contribution is 6.01. The Kier molecular flexibility index (Phi) is 6.79. The second kappa shape index (κ2) is 9.75. The van der Waals surface area contributed by atoms with E-state index in [-0.39, 0.29) is 23.8 Å². The van der Waals surface area contributed by atoms with Crippen LogP contribution in [-0.2, 0) is 22.6 Å². The fourth-order valence-corrected chi connectivity index (χ4v) is 4.57. The van der Waals surface area contributed by atoms with Crippen molar-refractivity contribution in [3.05, 3.63) is 65.5 Å². The number of ether oxygens (including phenoxy) is 1. The van der Waals surface area contributed by atoms with Gasteiger partial charge in [0, 0.05) is 25.8 Å². The lowest BCUT2D eigenvalue weighted by Gasteiger charge is -2.29. The normalized spacial score (nSPS) is 15.2. The minimum atomic E-state index is -0.538. The Labute approximate surface area is 194 Å². The van der Waals surface area contributed by atoms with E-state index >= 15 is 0 Å². The molecule has 7 heteroatoms. The molecule has 0 bridgehead atoms. The highest BCUT2D eigenvalue weighted by Crippen LogP contribution is 2.28. The fraction of sp³-hybridized carbons (Fsp3) is 0.423. The van der Waals surface area contributed by atoms with Crippen molar-refractivity contribution in [2.24, 2.45) is 5.92 Å². The molecule has 4 rings (SSSR count). The number of hydrogen-bond donors (Lipinski definition) is 1. The molecule has 7 nitrogen and oxygen atoms in total. The van der Waals surface area contributed by atoms with E-state index in [0.717, 1.165) is 22.4 Å². The minimum Gasteiger partial charge on any atom is -0.383 e. The Hall–Kier alpha value is -3.19. The molecule has 0 aliphatic carbocycles. The van der Waals surface area contributed by atoms with Crippen molar-refractivity contribution in [1.82, 2.24) is 19.8 Å².